The second-order valence-corrected chi connectivity index (χ2v) is 5.47. The van der Waals surface area contributed by atoms with Crippen LogP contribution in [0.4, 0.5) is 0 Å². The van der Waals surface area contributed by atoms with Crippen LogP contribution in [-0.4, -0.2) is 14.8 Å². The highest BCUT2D eigenvalue weighted by Crippen LogP contribution is 2.27. The van der Waals surface area contributed by atoms with E-state index in [-0.39, 0.29) is 0 Å². The van der Waals surface area contributed by atoms with E-state index in [4.69, 9.17) is 28.9 Å². The summed E-state index contributed by atoms with van der Waals surface area (Å²) < 4.78 is 1.88. The molecule has 0 atom stereocenters. The molecular formula is C11H12Cl2N4S. The summed E-state index contributed by atoms with van der Waals surface area (Å²) in [5.74, 6) is 1.45. The van der Waals surface area contributed by atoms with Crippen molar-refractivity contribution < 1.29 is 0 Å². The van der Waals surface area contributed by atoms with Crippen LogP contribution in [-0.2, 0) is 19.3 Å². The fraction of sp³-hybridized carbons (Fsp3) is 0.273. The molecule has 1 aromatic carbocycles. The van der Waals surface area contributed by atoms with E-state index in [9.17, 15) is 0 Å². The Morgan fingerprint density at radius 2 is 2.11 bits per heavy atom. The smallest absolute Gasteiger partial charge is 0.191 e. The Labute approximate surface area is 119 Å². The molecule has 7 heteroatoms. The van der Waals surface area contributed by atoms with Crippen molar-refractivity contribution in [1.82, 2.24) is 14.8 Å². The van der Waals surface area contributed by atoms with E-state index in [1.807, 2.05) is 17.7 Å². The van der Waals surface area contributed by atoms with Crippen LogP contribution < -0.4 is 5.73 Å². The van der Waals surface area contributed by atoms with Gasteiger partial charge in [-0.25, -0.2) is 0 Å². The lowest BCUT2D eigenvalue weighted by Crippen LogP contribution is -2.05. The molecule has 2 N–H and O–H groups in total. The maximum Gasteiger partial charge on any atom is 0.191 e. The van der Waals surface area contributed by atoms with Crippen molar-refractivity contribution in [3.8, 4) is 0 Å². The SMILES string of the molecule is Cn1c(CN)nnc1SCc1cc(Cl)ccc1Cl. The molecule has 0 aliphatic carbocycles. The average Bonchev–Trinajstić information content (AvgIpc) is 2.71. The lowest BCUT2D eigenvalue weighted by Gasteiger charge is -2.05. The van der Waals surface area contributed by atoms with Crippen molar-refractivity contribution in [2.24, 2.45) is 12.8 Å². The molecule has 0 unspecified atom stereocenters. The summed E-state index contributed by atoms with van der Waals surface area (Å²) in [5, 5.41) is 10.3. The Morgan fingerprint density at radius 1 is 1.33 bits per heavy atom. The number of nitrogens with two attached hydrogens (primary N) is 1. The van der Waals surface area contributed by atoms with Gasteiger partial charge in [0.15, 0.2) is 5.16 Å². The van der Waals surface area contributed by atoms with Gasteiger partial charge in [0, 0.05) is 22.8 Å². The Kier molecular flexibility index (Phi) is 4.50. The summed E-state index contributed by atoms with van der Waals surface area (Å²) in [6, 6.07) is 5.42. The fourth-order valence-corrected chi connectivity index (χ4v) is 2.82. The van der Waals surface area contributed by atoms with Gasteiger partial charge < -0.3 is 10.3 Å². The molecule has 1 aromatic heterocycles. The quantitative estimate of drug-likeness (QED) is 0.882. The summed E-state index contributed by atoms with van der Waals surface area (Å²) in [4.78, 5) is 0. The predicted molar refractivity (Wildman–Crippen MR) is 74.9 cm³/mol. The summed E-state index contributed by atoms with van der Waals surface area (Å²) in [6.07, 6.45) is 0. The van der Waals surface area contributed by atoms with Gasteiger partial charge in [-0.3, -0.25) is 0 Å². The van der Waals surface area contributed by atoms with Gasteiger partial charge in [-0.05, 0) is 23.8 Å². The first-order valence-electron chi connectivity index (χ1n) is 5.27. The molecule has 18 heavy (non-hydrogen) atoms. The zero-order valence-corrected chi connectivity index (χ0v) is 12.1. The van der Waals surface area contributed by atoms with Crippen molar-refractivity contribution in [3.05, 3.63) is 39.6 Å². The van der Waals surface area contributed by atoms with Gasteiger partial charge in [0.1, 0.15) is 5.82 Å². The third-order valence-electron chi connectivity index (χ3n) is 2.47. The van der Waals surface area contributed by atoms with Crippen LogP contribution in [0.5, 0.6) is 0 Å². The summed E-state index contributed by atoms with van der Waals surface area (Å²) in [6.45, 7) is 0.377. The van der Waals surface area contributed by atoms with Gasteiger partial charge in [0.2, 0.25) is 0 Å². The monoisotopic (exact) mass is 302 g/mol. The first-order chi connectivity index (χ1) is 8.61. The highest BCUT2D eigenvalue weighted by molar-refractivity contribution is 7.98. The molecule has 1 heterocycles. The van der Waals surface area contributed by atoms with E-state index in [1.165, 1.54) is 0 Å². The van der Waals surface area contributed by atoms with Crippen LogP contribution in [0, 0.1) is 0 Å². The second-order valence-electron chi connectivity index (χ2n) is 3.69. The number of aromatic nitrogens is 3. The number of halogens is 2. The Morgan fingerprint density at radius 3 is 2.78 bits per heavy atom. The van der Waals surface area contributed by atoms with Crippen molar-refractivity contribution in [2.45, 2.75) is 17.5 Å². The number of hydrogen-bond acceptors (Lipinski definition) is 4. The molecule has 0 aliphatic heterocycles. The minimum absolute atomic E-state index is 0.377. The molecule has 0 spiro atoms. The van der Waals surface area contributed by atoms with Crippen LogP contribution in [0.3, 0.4) is 0 Å². The molecule has 0 bridgehead atoms. The van der Waals surface area contributed by atoms with Crippen LogP contribution in [0.15, 0.2) is 23.4 Å². The number of hydrogen-bond donors (Lipinski definition) is 1. The molecule has 0 fully saturated rings. The molecule has 2 aromatic rings. The standard InChI is InChI=1S/C11H12Cl2N4S/c1-17-10(5-14)15-16-11(17)18-6-7-4-8(12)2-3-9(7)13/h2-4H,5-6,14H2,1H3. The fourth-order valence-electron chi connectivity index (χ4n) is 1.44. The average molecular weight is 303 g/mol. The molecule has 0 amide bonds. The highest BCUT2D eigenvalue weighted by Gasteiger charge is 2.09. The van der Waals surface area contributed by atoms with Crippen LogP contribution in [0.1, 0.15) is 11.4 Å². The van der Waals surface area contributed by atoms with Crippen LogP contribution >= 0.6 is 35.0 Å². The minimum Gasteiger partial charge on any atom is -0.324 e. The van der Waals surface area contributed by atoms with E-state index >= 15 is 0 Å². The largest absolute Gasteiger partial charge is 0.324 e. The minimum atomic E-state index is 0.377. The van der Waals surface area contributed by atoms with Crippen molar-refractivity contribution in [1.29, 1.82) is 0 Å². The Hall–Kier alpha value is -0.750. The molecule has 0 saturated heterocycles. The van der Waals surface area contributed by atoms with Crippen LogP contribution in [0.2, 0.25) is 10.0 Å². The third-order valence-corrected chi connectivity index (χ3v) is 4.15. The van der Waals surface area contributed by atoms with Crippen molar-refractivity contribution in [3.63, 3.8) is 0 Å². The van der Waals surface area contributed by atoms with Gasteiger partial charge in [-0.2, -0.15) is 0 Å². The maximum absolute atomic E-state index is 6.10. The van der Waals surface area contributed by atoms with Gasteiger partial charge in [-0.15, -0.1) is 10.2 Å². The van der Waals surface area contributed by atoms with E-state index < -0.39 is 0 Å². The van der Waals surface area contributed by atoms with E-state index in [2.05, 4.69) is 10.2 Å². The number of thioether (sulfide) groups is 1. The third kappa shape index (κ3) is 2.98. The van der Waals surface area contributed by atoms with Gasteiger partial charge in [0.05, 0.1) is 6.54 Å². The van der Waals surface area contributed by atoms with Gasteiger partial charge >= 0.3 is 0 Å². The molecule has 2 rings (SSSR count). The zero-order chi connectivity index (χ0) is 13.1. The van der Waals surface area contributed by atoms with Crippen molar-refractivity contribution in [2.75, 3.05) is 0 Å². The summed E-state index contributed by atoms with van der Waals surface area (Å²) in [7, 11) is 1.89. The van der Waals surface area contributed by atoms with E-state index in [0.29, 0.717) is 22.3 Å². The predicted octanol–water partition coefficient (Wildman–Crippen LogP) is 2.87. The Balaban J connectivity index is 2.11. The normalized spacial score (nSPS) is 10.9. The molecule has 0 saturated carbocycles. The first-order valence-corrected chi connectivity index (χ1v) is 7.01. The lowest BCUT2D eigenvalue weighted by atomic mass is 10.2. The topological polar surface area (TPSA) is 56.7 Å². The molecule has 4 nitrogen and oxygen atoms in total. The summed E-state index contributed by atoms with van der Waals surface area (Å²) >= 11 is 13.6. The van der Waals surface area contributed by atoms with E-state index in [0.717, 1.165) is 16.5 Å². The van der Waals surface area contributed by atoms with Crippen LogP contribution in [0.25, 0.3) is 0 Å². The molecular weight excluding hydrogens is 291 g/mol. The number of nitrogens with zero attached hydrogens (tertiary/aromatic N) is 3. The summed E-state index contributed by atoms with van der Waals surface area (Å²) in [5.41, 5.74) is 6.52. The zero-order valence-electron chi connectivity index (χ0n) is 9.73. The van der Waals surface area contributed by atoms with Gasteiger partial charge in [-0.1, -0.05) is 35.0 Å². The molecule has 0 radical (unpaired) electrons. The number of benzene rings is 1. The Bertz CT molecular complexity index is 556. The van der Waals surface area contributed by atoms with Gasteiger partial charge in [0.25, 0.3) is 0 Å². The highest BCUT2D eigenvalue weighted by atomic mass is 35.5. The molecule has 96 valence electrons. The maximum atomic E-state index is 6.10. The molecule has 0 aliphatic rings. The lowest BCUT2D eigenvalue weighted by molar-refractivity contribution is 0.734. The van der Waals surface area contributed by atoms with E-state index in [1.54, 1.807) is 23.9 Å². The second kappa shape index (κ2) is 5.93. The number of rotatable bonds is 4. The first kappa shape index (κ1) is 13.7. The van der Waals surface area contributed by atoms with Crippen molar-refractivity contribution >= 4 is 35.0 Å².